The van der Waals surface area contributed by atoms with Crippen molar-refractivity contribution >= 4 is 6.09 Å². The second-order valence-electron chi connectivity index (χ2n) is 7.70. The van der Waals surface area contributed by atoms with E-state index in [-0.39, 0.29) is 5.92 Å². The zero-order valence-electron chi connectivity index (χ0n) is 19.5. The molecule has 0 radical (unpaired) electrons. The summed E-state index contributed by atoms with van der Waals surface area (Å²) in [5.41, 5.74) is 4.83. The van der Waals surface area contributed by atoms with Gasteiger partial charge in [-0.2, -0.15) is 0 Å². The van der Waals surface area contributed by atoms with Gasteiger partial charge in [0, 0.05) is 19.1 Å². The number of alkyl carbamates (subject to hydrolysis) is 1. The first kappa shape index (κ1) is 25.7. The number of nitrogens with one attached hydrogen (secondary N) is 1. The minimum Gasteiger partial charge on any atom is -0.449 e. The van der Waals surface area contributed by atoms with Crippen LogP contribution < -0.4 is 5.32 Å². The van der Waals surface area contributed by atoms with Gasteiger partial charge in [0.1, 0.15) is 13.2 Å². The first-order valence-electron chi connectivity index (χ1n) is 11.6. The number of terminal acetylenes is 1. The van der Waals surface area contributed by atoms with Crippen molar-refractivity contribution in [2.75, 3.05) is 66.0 Å². The highest BCUT2D eigenvalue weighted by atomic mass is 16.6. The molecule has 7 nitrogen and oxygen atoms in total. The fourth-order valence-electron chi connectivity index (χ4n) is 3.80. The van der Waals surface area contributed by atoms with Crippen LogP contribution in [0.3, 0.4) is 0 Å². The zero-order chi connectivity index (χ0) is 23.8. The number of rotatable bonds is 16. The highest BCUT2D eigenvalue weighted by molar-refractivity contribution is 5.79. The average molecular weight is 468 g/mol. The molecule has 0 spiro atoms. The normalized spacial score (nSPS) is 12.1. The summed E-state index contributed by atoms with van der Waals surface area (Å²) >= 11 is 0. The van der Waals surface area contributed by atoms with Gasteiger partial charge in [0.15, 0.2) is 0 Å². The number of fused-ring (bicyclic) bond motifs is 3. The zero-order valence-corrected chi connectivity index (χ0v) is 19.5. The van der Waals surface area contributed by atoms with Crippen LogP contribution in [0.25, 0.3) is 11.1 Å². The Kier molecular flexibility index (Phi) is 11.4. The molecule has 1 aliphatic carbocycles. The molecular weight excluding hydrogens is 434 g/mol. The second-order valence-corrected chi connectivity index (χ2v) is 7.70. The standard InChI is InChI=1S/C27H33NO6/c1-2-13-30-15-17-32-19-20-33-18-16-31-14-7-12-28-27(29)34-21-26-24-10-5-3-8-22(24)23-9-4-6-11-25(23)26/h1,3-6,8-11,26H,7,12-21H2,(H,28,29). The molecule has 0 bridgehead atoms. The van der Waals surface area contributed by atoms with E-state index in [1.165, 1.54) is 22.3 Å². The fraction of sp³-hybridized carbons (Fsp3) is 0.444. The molecular formula is C27H33NO6. The van der Waals surface area contributed by atoms with E-state index >= 15 is 0 Å². The van der Waals surface area contributed by atoms with Crippen molar-refractivity contribution in [3.8, 4) is 23.5 Å². The molecule has 7 heteroatoms. The van der Waals surface area contributed by atoms with Gasteiger partial charge in [-0.05, 0) is 28.7 Å². The van der Waals surface area contributed by atoms with Crippen LogP contribution in [-0.4, -0.2) is 72.1 Å². The van der Waals surface area contributed by atoms with Crippen LogP contribution in [0, 0.1) is 12.3 Å². The summed E-state index contributed by atoms with van der Waals surface area (Å²) in [5, 5.41) is 2.79. The minimum atomic E-state index is -0.408. The highest BCUT2D eigenvalue weighted by Crippen LogP contribution is 2.44. The lowest BCUT2D eigenvalue weighted by Crippen LogP contribution is -2.27. The number of carbonyl (C=O) groups excluding carboxylic acids is 1. The van der Waals surface area contributed by atoms with Crippen LogP contribution >= 0.6 is 0 Å². The largest absolute Gasteiger partial charge is 0.449 e. The first-order chi connectivity index (χ1) is 16.8. The Morgan fingerprint density at radius 2 is 1.32 bits per heavy atom. The van der Waals surface area contributed by atoms with E-state index in [1.54, 1.807) is 0 Å². The van der Waals surface area contributed by atoms with Gasteiger partial charge in [-0.1, -0.05) is 54.5 Å². The summed E-state index contributed by atoms with van der Waals surface area (Å²) in [4.78, 5) is 12.1. The molecule has 2 aromatic carbocycles. The molecule has 0 aliphatic heterocycles. The molecule has 1 N–H and O–H groups in total. The van der Waals surface area contributed by atoms with Gasteiger partial charge in [0.2, 0.25) is 0 Å². The summed E-state index contributed by atoms with van der Waals surface area (Å²) in [6.07, 6.45) is 5.37. The maximum absolute atomic E-state index is 12.1. The molecule has 0 saturated carbocycles. The van der Waals surface area contributed by atoms with Gasteiger partial charge < -0.3 is 29.0 Å². The lowest BCUT2D eigenvalue weighted by molar-refractivity contribution is 0.00111. The number of ether oxygens (including phenoxy) is 5. The third-order valence-electron chi connectivity index (χ3n) is 5.38. The number of amides is 1. The maximum Gasteiger partial charge on any atom is 0.407 e. The molecule has 1 aliphatic rings. The van der Waals surface area contributed by atoms with Crippen molar-refractivity contribution in [2.45, 2.75) is 12.3 Å². The molecule has 0 atom stereocenters. The summed E-state index contributed by atoms with van der Waals surface area (Å²) in [6.45, 7) is 4.63. The molecule has 0 unspecified atom stereocenters. The quantitative estimate of drug-likeness (QED) is 0.300. The topological polar surface area (TPSA) is 75.3 Å². The Morgan fingerprint density at radius 1 is 0.794 bits per heavy atom. The Labute approximate surface area is 201 Å². The van der Waals surface area contributed by atoms with Gasteiger partial charge in [-0.25, -0.2) is 4.79 Å². The Balaban J connectivity index is 1.18. The molecule has 0 saturated heterocycles. The molecule has 0 heterocycles. The van der Waals surface area contributed by atoms with Gasteiger partial charge in [-0.15, -0.1) is 6.42 Å². The van der Waals surface area contributed by atoms with Crippen molar-refractivity contribution in [3.63, 3.8) is 0 Å². The summed E-state index contributed by atoms with van der Waals surface area (Å²) < 4.78 is 26.9. The SMILES string of the molecule is C#CCOCCOCCOCCOCCCNC(=O)OCC1c2ccccc2-c2ccccc21. The number of hydrogen-bond acceptors (Lipinski definition) is 6. The lowest BCUT2D eigenvalue weighted by atomic mass is 9.98. The fourth-order valence-corrected chi connectivity index (χ4v) is 3.80. The van der Waals surface area contributed by atoms with E-state index in [9.17, 15) is 4.79 Å². The van der Waals surface area contributed by atoms with Crippen molar-refractivity contribution < 1.29 is 28.5 Å². The minimum absolute atomic E-state index is 0.0636. The van der Waals surface area contributed by atoms with Crippen molar-refractivity contribution in [2.24, 2.45) is 0 Å². The van der Waals surface area contributed by atoms with E-state index in [4.69, 9.17) is 30.1 Å². The molecule has 3 rings (SSSR count). The molecule has 182 valence electrons. The second kappa shape index (κ2) is 15.1. The average Bonchev–Trinajstić information content (AvgIpc) is 3.19. The van der Waals surface area contributed by atoms with Crippen LogP contribution in [0.5, 0.6) is 0 Å². The number of hydrogen-bond donors (Lipinski definition) is 1. The first-order valence-corrected chi connectivity index (χ1v) is 11.6. The Morgan fingerprint density at radius 3 is 1.91 bits per heavy atom. The molecule has 0 aromatic heterocycles. The smallest absolute Gasteiger partial charge is 0.407 e. The Hall–Kier alpha value is -2.89. The van der Waals surface area contributed by atoms with E-state index in [1.807, 2.05) is 24.3 Å². The Bertz CT molecular complexity index is 880. The molecule has 1 amide bonds. The van der Waals surface area contributed by atoms with Gasteiger partial charge >= 0.3 is 6.09 Å². The predicted molar refractivity (Wildman–Crippen MR) is 130 cm³/mol. The van der Waals surface area contributed by atoms with E-state index < -0.39 is 6.09 Å². The van der Waals surface area contributed by atoms with Gasteiger partial charge in [0.05, 0.1) is 39.6 Å². The number of benzene rings is 2. The third kappa shape index (κ3) is 8.15. The molecule has 0 fully saturated rings. The summed E-state index contributed by atoms with van der Waals surface area (Å²) in [5.74, 6) is 2.46. The van der Waals surface area contributed by atoms with Crippen molar-refractivity contribution in [3.05, 3.63) is 59.7 Å². The number of carbonyl (C=O) groups is 1. The lowest BCUT2D eigenvalue weighted by Gasteiger charge is -2.14. The summed E-state index contributed by atoms with van der Waals surface area (Å²) in [7, 11) is 0. The molecule has 2 aromatic rings. The molecule has 34 heavy (non-hydrogen) atoms. The van der Waals surface area contributed by atoms with E-state index in [2.05, 4.69) is 35.5 Å². The van der Waals surface area contributed by atoms with E-state index in [0.29, 0.717) is 72.4 Å². The predicted octanol–water partition coefficient (Wildman–Crippen LogP) is 3.61. The van der Waals surface area contributed by atoms with Crippen LogP contribution in [0.2, 0.25) is 0 Å². The van der Waals surface area contributed by atoms with Gasteiger partial charge in [0.25, 0.3) is 0 Å². The van der Waals surface area contributed by atoms with Crippen LogP contribution in [-0.2, 0) is 23.7 Å². The van der Waals surface area contributed by atoms with E-state index in [0.717, 1.165) is 0 Å². The van der Waals surface area contributed by atoms with Crippen molar-refractivity contribution in [1.29, 1.82) is 0 Å². The maximum atomic E-state index is 12.1. The van der Waals surface area contributed by atoms with Crippen molar-refractivity contribution in [1.82, 2.24) is 5.32 Å². The van der Waals surface area contributed by atoms with Crippen LogP contribution in [0.4, 0.5) is 4.79 Å². The van der Waals surface area contributed by atoms with Crippen LogP contribution in [0.15, 0.2) is 48.5 Å². The third-order valence-corrected chi connectivity index (χ3v) is 5.38. The van der Waals surface area contributed by atoms with Gasteiger partial charge in [-0.3, -0.25) is 0 Å². The van der Waals surface area contributed by atoms with Crippen LogP contribution in [0.1, 0.15) is 23.5 Å². The highest BCUT2D eigenvalue weighted by Gasteiger charge is 2.28. The summed E-state index contributed by atoms with van der Waals surface area (Å²) in [6, 6.07) is 16.6. The monoisotopic (exact) mass is 467 g/mol.